The van der Waals surface area contributed by atoms with Crippen LogP contribution < -0.4 is 0 Å². The van der Waals surface area contributed by atoms with Crippen LogP contribution in [0.1, 0.15) is 18.9 Å². The van der Waals surface area contributed by atoms with Crippen molar-refractivity contribution in [3.8, 4) is 11.1 Å². The van der Waals surface area contributed by atoms with Crippen molar-refractivity contribution in [3.63, 3.8) is 0 Å². The average Bonchev–Trinajstić information content (AvgIpc) is 2.68. The van der Waals surface area contributed by atoms with Gasteiger partial charge in [0.15, 0.2) is 18.0 Å². The summed E-state index contributed by atoms with van der Waals surface area (Å²) in [6.45, 7) is 1.77. The third-order valence-corrected chi connectivity index (χ3v) is 4.11. The van der Waals surface area contributed by atoms with Crippen molar-refractivity contribution in [3.05, 3.63) is 60.2 Å². The Balaban J connectivity index is 1.94. The summed E-state index contributed by atoms with van der Waals surface area (Å²) >= 11 is 0. The molecule has 2 rings (SSSR count). The minimum atomic E-state index is -1.60. The number of aryl methyl sites for hydroxylation is 1. The summed E-state index contributed by atoms with van der Waals surface area (Å²) in [6, 6.07) is 18.0. The molecule has 0 bridgehead atoms. The molecule has 5 nitrogen and oxygen atoms in total. The summed E-state index contributed by atoms with van der Waals surface area (Å²) in [7, 11) is 1.29. The number of ketones is 1. The number of aliphatic hydroxyl groups is 1. The van der Waals surface area contributed by atoms with Gasteiger partial charge in [0.25, 0.3) is 0 Å². The Labute approximate surface area is 153 Å². The summed E-state index contributed by atoms with van der Waals surface area (Å²) in [5.41, 5.74) is 3.24. The Hall–Kier alpha value is -2.50. The molecule has 0 aliphatic rings. The van der Waals surface area contributed by atoms with Gasteiger partial charge in [0.2, 0.25) is 0 Å². The molecular weight excluding hydrogens is 332 g/mol. The fourth-order valence-corrected chi connectivity index (χ4v) is 2.69. The molecule has 0 radical (unpaired) electrons. The van der Waals surface area contributed by atoms with Crippen LogP contribution in [-0.2, 0) is 25.5 Å². The van der Waals surface area contributed by atoms with E-state index in [4.69, 9.17) is 9.47 Å². The minimum absolute atomic E-state index is 0.133. The molecule has 0 saturated carbocycles. The van der Waals surface area contributed by atoms with Crippen LogP contribution in [0.2, 0.25) is 0 Å². The molecule has 5 heteroatoms. The first-order valence-corrected chi connectivity index (χ1v) is 8.61. The second-order valence-electron chi connectivity index (χ2n) is 5.88. The van der Waals surface area contributed by atoms with Gasteiger partial charge in [-0.25, -0.2) is 4.79 Å². The van der Waals surface area contributed by atoms with Crippen molar-refractivity contribution < 1.29 is 24.2 Å². The van der Waals surface area contributed by atoms with Crippen LogP contribution in [0.15, 0.2) is 54.6 Å². The lowest BCUT2D eigenvalue weighted by Gasteiger charge is -2.19. The van der Waals surface area contributed by atoms with E-state index in [-0.39, 0.29) is 18.8 Å². The van der Waals surface area contributed by atoms with Gasteiger partial charge < -0.3 is 14.6 Å². The van der Waals surface area contributed by atoms with Crippen LogP contribution in [0.5, 0.6) is 0 Å². The highest BCUT2D eigenvalue weighted by atomic mass is 16.6. The van der Waals surface area contributed by atoms with Crippen molar-refractivity contribution in [2.75, 3.05) is 13.7 Å². The van der Waals surface area contributed by atoms with Gasteiger partial charge >= 0.3 is 5.97 Å². The molecule has 0 aromatic heterocycles. The van der Waals surface area contributed by atoms with Crippen molar-refractivity contribution in [2.45, 2.75) is 32.0 Å². The van der Waals surface area contributed by atoms with E-state index in [2.05, 4.69) is 0 Å². The highest BCUT2D eigenvalue weighted by Crippen LogP contribution is 2.20. The average molecular weight is 356 g/mol. The van der Waals surface area contributed by atoms with E-state index in [1.54, 1.807) is 6.92 Å². The maximum atomic E-state index is 12.3. The minimum Gasteiger partial charge on any atom is -0.464 e. The quantitative estimate of drug-likeness (QED) is 0.700. The molecular formula is C21H24O5. The largest absolute Gasteiger partial charge is 0.464 e. The van der Waals surface area contributed by atoms with Crippen LogP contribution in [0.25, 0.3) is 11.1 Å². The lowest BCUT2D eigenvalue weighted by atomic mass is 9.99. The third kappa shape index (κ3) is 5.25. The van der Waals surface area contributed by atoms with Gasteiger partial charge in [-0.15, -0.1) is 0 Å². The van der Waals surface area contributed by atoms with E-state index in [9.17, 15) is 14.7 Å². The number of hydrogen-bond donors (Lipinski definition) is 1. The first-order valence-electron chi connectivity index (χ1n) is 8.61. The zero-order valence-corrected chi connectivity index (χ0v) is 15.1. The summed E-state index contributed by atoms with van der Waals surface area (Å²) in [5, 5.41) is 9.92. The van der Waals surface area contributed by atoms with E-state index in [1.165, 1.54) is 7.11 Å². The number of carbonyl (C=O) groups excluding carboxylic acids is 2. The van der Waals surface area contributed by atoms with Gasteiger partial charge in [0.05, 0.1) is 6.61 Å². The number of benzene rings is 2. The smallest absolute Gasteiger partial charge is 0.338 e. The van der Waals surface area contributed by atoms with Crippen molar-refractivity contribution in [1.29, 1.82) is 0 Å². The fraction of sp³-hybridized carbons (Fsp3) is 0.333. The van der Waals surface area contributed by atoms with E-state index >= 15 is 0 Å². The molecule has 0 aliphatic carbocycles. The lowest BCUT2D eigenvalue weighted by Crippen LogP contribution is -2.42. The first-order chi connectivity index (χ1) is 12.6. The Morgan fingerprint density at radius 1 is 1.00 bits per heavy atom. The third-order valence-electron chi connectivity index (χ3n) is 4.11. The number of aliphatic hydroxyl groups excluding tert-OH is 1. The van der Waals surface area contributed by atoms with Crippen LogP contribution in [0.4, 0.5) is 0 Å². The molecule has 26 heavy (non-hydrogen) atoms. The monoisotopic (exact) mass is 356 g/mol. The topological polar surface area (TPSA) is 72.8 Å². The zero-order chi connectivity index (χ0) is 18.9. The second kappa shape index (κ2) is 9.85. The zero-order valence-electron chi connectivity index (χ0n) is 15.1. The van der Waals surface area contributed by atoms with Crippen LogP contribution in [-0.4, -0.2) is 42.8 Å². The molecule has 0 fully saturated rings. The molecule has 0 heterocycles. The normalized spacial score (nSPS) is 13.0. The number of ether oxygens (including phenoxy) is 2. The summed E-state index contributed by atoms with van der Waals surface area (Å²) in [6.07, 6.45) is -2.14. The highest BCUT2D eigenvalue weighted by molar-refractivity contribution is 5.90. The summed E-state index contributed by atoms with van der Waals surface area (Å²) in [4.78, 5) is 23.9. The van der Waals surface area contributed by atoms with Crippen molar-refractivity contribution in [1.82, 2.24) is 0 Å². The van der Waals surface area contributed by atoms with Crippen molar-refractivity contribution >= 4 is 11.8 Å². The molecule has 0 amide bonds. The maximum absolute atomic E-state index is 12.3. The molecule has 2 atom stereocenters. The summed E-state index contributed by atoms with van der Waals surface area (Å²) in [5.74, 6) is -1.18. The lowest BCUT2D eigenvalue weighted by molar-refractivity contribution is -0.164. The number of carbonyl (C=O) groups is 2. The molecule has 0 unspecified atom stereocenters. The molecule has 138 valence electrons. The predicted molar refractivity (Wildman–Crippen MR) is 98.6 cm³/mol. The van der Waals surface area contributed by atoms with Gasteiger partial charge in [-0.05, 0) is 30.0 Å². The Bertz CT molecular complexity index is 709. The van der Waals surface area contributed by atoms with Gasteiger partial charge in [-0.2, -0.15) is 0 Å². The molecule has 1 N–H and O–H groups in total. The SMILES string of the molecule is CCOC(=O)[C@H](O)[C@@H](OC)C(=O)CCc1ccc(-c2ccccc2)cc1. The second-order valence-corrected chi connectivity index (χ2v) is 5.88. The Morgan fingerprint density at radius 2 is 1.62 bits per heavy atom. The van der Waals surface area contributed by atoms with Gasteiger partial charge in [0.1, 0.15) is 0 Å². The summed E-state index contributed by atoms with van der Waals surface area (Å²) < 4.78 is 9.74. The number of esters is 1. The predicted octanol–water partition coefficient (Wildman–Crippen LogP) is 2.79. The first kappa shape index (κ1) is 19.8. The van der Waals surface area contributed by atoms with Crippen molar-refractivity contribution in [2.24, 2.45) is 0 Å². The van der Waals surface area contributed by atoms with E-state index in [0.29, 0.717) is 6.42 Å². The van der Waals surface area contributed by atoms with Gasteiger partial charge in [0, 0.05) is 13.5 Å². The van der Waals surface area contributed by atoms with Gasteiger partial charge in [-0.1, -0.05) is 54.6 Å². The molecule has 2 aromatic rings. The number of hydrogen-bond acceptors (Lipinski definition) is 5. The van der Waals surface area contributed by atoms with Crippen LogP contribution in [0.3, 0.4) is 0 Å². The Morgan fingerprint density at radius 3 is 2.19 bits per heavy atom. The van der Waals surface area contributed by atoms with E-state index < -0.39 is 18.2 Å². The maximum Gasteiger partial charge on any atom is 0.338 e. The molecule has 0 saturated heterocycles. The van der Waals surface area contributed by atoms with Gasteiger partial charge in [-0.3, -0.25) is 4.79 Å². The number of rotatable bonds is 9. The molecule has 0 spiro atoms. The van der Waals surface area contributed by atoms with Crippen LogP contribution >= 0.6 is 0 Å². The van der Waals surface area contributed by atoms with Crippen LogP contribution in [0, 0.1) is 0 Å². The molecule has 0 aliphatic heterocycles. The highest BCUT2D eigenvalue weighted by Gasteiger charge is 2.32. The number of methoxy groups -OCH3 is 1. The van der Waals surface area contributed by atoms with E-state index in [1.807, 2.05) is 54.6 Å². The van der Waals surface area contributed by atoms with E-state index in [0.717, 1.165) is 16.7 Å². The molecule has 2 aromatic carbocycles. The fourth-order valence-electron chi connectivity index (χ4n) is 2.69. The number of Topliss-reactive ketones (excluding diaryl/α,β-unsaturated/α-hetero) is 1. The Kier molecular flexibility index (Phi) is 7.51. The standard InChI is InChI=1S/C21H24O5/c1-3-26-21(24)19(23)20(25-2)18(22)14-11-15-9-12-17(13-10-15)16-7-5-4-6-8-16/h4-10,12-13,19-20,23H,3,11,14H2,1-2H3/t19-,20+/m1/s1.